The van der Waals surface area contributed by atoms with Crippen LogP contribution >= 0.6 is 11.6 Å². The third kappa shape index (κ3) is 2.81. The zero-order chi connectivity index (χ0) is 12.3. The second-order valence-electron chi connectivity index (χ2n) is 3.84. The lowest BCUT2D eigenvalue weighted by molar-refractivity contribution is 0.896. The van der Waals surface area contributed by atoms with Crippen LogP contribution in [0.2, 0.25) is 5.02 Å². The van der Waals surface area contributed by atoms with Gasteiger partial charge in [0.25, 0.3) is 0 Å². The lowest BCUT2D eigenvalue weighted by Crippen LogP contribution is -2.06. The van der Waals surface area contributed by atoms with Crippen molar-refractivity contribution in [1.29, 1.82) is 0 Å². The molecule has 0 unspecified atom stereocenters. The predicted octanol–water partition coefficient (Wildman–Crippen LogP) is 2.61. The van der Waals surface area contributed by atoms with Crippen molar-refractivity contribution in [1.82, 2.24) is 9.97 Å². The molecule has 88 valence electrons. The largest absolute Gasteiger partial charge is 0.330 e. The maximum absolute atomic E-state index is 5.86. The highest BCUT2D eigenvalue weighted by molar-refractivity contribution is 6.30. The molecule has 0 atom stereocenters. The van der Waals surface area contributed by atoms with Gasteiger partial charge in [-0.3, -0.25) is 9.97 Å². The first-order valence-electron chi connectivity index (χ1n) is 5.49. The van der Waals surface area contributed by atoms with Gasteiger partial charge in [-0.05, 0) is 25.6 Å². The van der Waals surface area contributed by atoms with Gasteiger partial charge in [0.05, 0.1) is 17.1 Å². The summed E-state index contributed by atoms with van der Waals surface area (Å²) in [5.74, 6) is 0. The molecule has 0 saturated heterocycles. The highest BCUT2D eigenvalue weighted by Crippen LogP contribution is 2.21. The SMILES string of the molecule is Cc1nc(CCN)cnc1-c1ccc(Cl)cc1. The van der Waals surface area contributed by atoms with Crippen LogP contribution in [0.4, 0.5) is 0 Å². The van der Waals surface area contributed by atoms with Crippen LogP contribution < -0.4 is 5.73 Å². The molecule has 0 radical (unpaired) electrons. The molecule has 0 aliphatic rings. The number of aryl methyl sites for hydroxylation is 1. The van der Waals surface area contributed by atoms with Gasteiger partial charge >= 0.3 is 0 Å². The fourth-order valence-corrected chi connectivity index (χ4v) is 1.82. The summed E-state index contributed by atoms with van der Waals surface area (Å²) in [4.78, 5) is 8.92. The Hall–Kier alpha value is -1.45. The molecule has 2 rings (SSSR count). The first kappa shape index (κ1) is 12.0. The van der Waals surface area contributed by atoms with Gasteiger partial charge in [0.1, 0.15) is 0 Å². The van der Waals surface area contributed by atoms with Crippen LogP contribution in [0.15, 0.2) is 30.5 Å². The second-order valence-corrected chi connectivity index (χ2v) is 4.28. The topological polar surface area (TPSA) is 51.8 Å². The van der Waals surface area contributed by atoms with Crippen molar-refractivity contribution < 1.29 is 0 Å². The van der Waals surface area contributed by atoms with Crippen molar-refractivity contribution in [2.75, 3.05) is 6.54 Å². The van der Waals surface area contributed by atoms with Crippen LogP contribution in [0, 0.1) is 6.92 Å². The van der Waals surface area contributed by atoms with Gasteiger partial charge in [0, 0.05) is 23.2 Å². The van der Waals surface area contributed by atoms with Gasteiger partial charge in [-0.1, -0.05) is 23.7 Å². The Labute approximate surface area is 106 Å². The number of hydrogen-bond acceptors (Lipinski definition) is 3. The fraction of sp³-hybridized carbons (Fsp3) is 0.231. The molecule has 3 nitrogen and oxygen atoms in total. The minimum absolute atomic E-state index is 0.592. The molecule has 17 heavy (non-hydrogen) atoms. The Morgan fingerprint density at radius 2 is 1.94 bits per heavy atom. The molecule has 4 heteroatoms. The summed E-state index contributed by atoms with van der Waals surface area (Å²) in [6, 6.07) is 7.60. The van der Waals surface area contributed by atoms with Crippen molar-refractivity contribution in [3.63, 3.8) is 0 Å². The zero-order valence-electron chi connectivity index (χ0n) is 9.65. The molecule has 0 fully saturated rings. The van der Waals surface area contributed by atoms with E-state index in [0.29, 0.717) is 6.54 Å². The summed E-state index contributed by atoms with van der Waals surface area (Å²) in [5, 5.41) is 0.721. The van der Waals surface area contributed by atoms with E-state index in [2.05, 4.69) is 9.97 Å². The van der Waals surface area contributed by atoms with E-state index in [1.807, 2.05) is 31.2 Å². The quantitative estimate of drug-likeness (QED) is 0.907. The summed E-state index contributed by atoms with van der Waals surface area (Å²) >= 11 is 5.86. The molecule has 0 amide bonds. The highest BCUT2D eigenvalue weighted by Gasteiger charge is 2.05. The van der Waals surface area contributed by atoms with Crippen molar-refractivity contribution in [2.45, 2.75) is 13.3 Å². The predicted molar refractivity (Wildman–Crippen MR) is 70.0 cm³/mol. The molecule has 0 aliphatic carbocycles. The van der Waals surface area contributed by atoms with E-state index in [9.17, 15) is 0 Å². The fourth-order valence-electron chi connectivity index (χ4n) is 1.69. The summed E-state index contributed by atoms with van der Waals surface area (Å²) in [6.07, 6.45) is 2.54. The summed E-state index contributed by atoms with van der Waals surface area (Å²) in [6.45, 7) is 2.55. The van der Waals surface area contributed by atoms with Gasteiger partial charge in [0.15, 0.2) is 0 Å². The van der Waals surface area contributed by atoms with Crippen molar-refractivity contribution in [3.05, 3.63) is 46.9 Å². The molecule has 1 heterocycles. The Kier molecular flexibility index (Phi) is 3.71. The number of halogens is 1. The highest BCUT2D eigenvalue weighted by atomic mass is 35.5. The maximum Gasteiger partial charge on any atom is 0.0914 e. The van der Waals surface area contributed by atoms with Crippen molar-refractivity contribution in [3.8, 4) is 11.3 Å². The van der Waals surface area contributed by atoms with E-state index in [0.717, 1.165) is 34.1 Å². The molecular formula is C13H14ClN3. The maximum atomic E-state index is 5.86. The van der Waals surface area contributed by atoms with Gasteiger partial charge < -0.3 is 5.73 Å². The Bertz CT molecular complexity index is 509. The Morgan fingerprint density at radius 3 is 2.53 bits per heavy atom. The van der Waals surface area contributed by atoms with Gasteiger partial charge in [-0.25, -0.2) is 0 Å². The minimum atomic E-state index is 0.592. The molecule has 2 N–H and O–H groups in total. The Morgan fingerprint density at radius 1 is 1.24 bits per heavy atom. The van der Waals surface area contributed by atoms with Crippen LogP contribution in [0.25, 0.3) is 11.3 Å². The van der Waals surface area contributed by atoms with E-state index < -0.39 is 0 Å². The third-order valence-electron chi connectivity index (χ3n) is 2.51. The van der Waals surface area contributed by atoms with Gasteiger partial charge in [-0.2, -0.15) is 0 Å². The molecule has 0 aliphatic heterocycles. The van der Waals surface area contributed by atoms with Crippen molar-refractivity contribution >= 4 is 11.6 Å². The van der Waals surface area contributed by atoms with E-state index >= 15 is 0 Å². The number of hydrogen-bond donors (Lipinski definition) is 1. The minimum Gasteiger partial charge on any atom is -0.330 e. The van der Waals surface area contributed by atoms with E-state index in [-0.39, 0.29) is 0 Å². The average Bonchev–Trinajstić information content (AvgIpc) is 2.31. The lowest BCUT2D eigenvalue weighted by atomic mass is 10.1. The first-order valence-corrected chi connectivity index (χ1v) is 5.87. The summed E-state index contributed by atoms with van der Waals surface area (Å²) < 4.78 is 0. The van der Waals surface area contributed by atoms with Crippen LogP contribution in [0.1, 0.15) is 11.4 Å². The van der Waals surface area contributed by atoms with E-state index in [4.69, 9.17) is 17.3 Å². The second kappa shape index (κ2) is 5.25. The van der Waals surface area contributed by atoms with Crippen LogP contribution in [-0.4, -0.2) is 16.5 Å². The number of nitrogens with zero attached hydrogens (tertiary/aromatic N) is 2. The van der Waals surface area contributed by atoms with Gasteiger partial charge in [-0.15, -0.1) is 0 Å². The first-order chi connectivity index (χ1) is 8.20. The standard InChI is InChI=1S/C13H14ClN3/c1-9-13(10-2-4-11(14)5-3-10)16-8-12(17-9)6-7-15/h2-5,8H,6-7,15H2,1H3. The van der Waals surface area contributed by atoms with Gasteiger partial charge in [0.2, 0.25) is 0 Å². The zero-order valence-corrected chi connectivity index (χ0v) is 10.4. The van der Waals surface area contributed by atoms with Crippen molar-refractivity contribution in [2.24, 2.45) is 5.73 Å². The number of benzene rings is 1. The summed E-state index contributed by atoms with van der Waals surface area (Å²) in [7, 11) is 0. The molecule has 1 aromatic carbocycles. The average molecular weight is 248 g/mol. The third-order valence-corrected chi connectivity index (χ3v) is 2.77. The molecule has 0 saturated carbocycles. The smallest absolute Gasteiger partial charge is 0.0914 e. The number of aromatic nitrogens is 2. The van der Waals surface area contributed by atoms with E-state index in [1.165, 1.54) is 0 Å². The Balaban J connectivity index is 2.36. The number of rotatable bonds is 3. The molecular weight excluding hydrogens is 234 g/mol. The van der Waals surface area contributed by atoms with Crippen LogP contribution in [0.5, 0.6) is 0 Å². The lowest BCUT2D eigenvalue weighted by Gasteiger charge is -2.06. The number of nitrogens with two attached hydrogens (primary N) is 1. The van der Waals surface area contributed by atoms with E-state index in [1.54, 1.807) is 6.20 Å². The monoisotopic (exact) mass is 247 g/mol. The molecule has 2 aromatic rings. The molecule has 0 bridgehead atoms. The summed E-state index contributed by atoms with van der Waals surface area (Å²) in [5.41, 5.74) is 9.26. The van der Waals surface area contributed by atoms with Crippen LogP contribution in [0.3, 0.4) is 0 Å². The molecule has 1 aromatic heterocycles. The van der Waals surface area contributed by atoms with Crippen LogP contribution in [-0.2, 0) is 6.42 Å². The molecule has 0 spiro atoms. The normalized spacial score (nSPS) is 10.5.